The second kappa shape index (κ2) is 15.9. The van der Waals surface area contributed by atoms with Crippen molar-refractivity contribution in [2.45, 2.75) is 39.5 Å². The van der Waals surface area contributed by atoms with Crippen molar-refractivity contribution in [1.29, 1.82) is 0 Å². The van der Waals surface area contributed by atoms with Gasteiger partial charge in [-0.15, -0.1) is 0 Å². The molecule has 0 heteroatoms. The van der Waals surface area contributed by atoms with E-state index in [4.69, 9.17) is 0 Å². The highest BCUT2D eigenvalue weighted by atomic mass is 14.2. The van der Waals surface area contributed by atoms with Gasteiger partial charge in [-0.05, 0) is 83.3 Å². The first kappa shape index (κ1) is 34.5. The zero-order valence-corrected chi connectivity index (χ0v) is 30.6. The van der Waals surface area contributed by atoms with E-state index in [-0.39, 0.29) is 11.8 Å². The summed E-state index contributed by atoms with van der Waals surface area (Å²) in [6.07, 6.45) is 8.79. The van der Waals surface area contributed by atoms with Gasteiger partial charge in [-0.25, -0.2) is 0 Å². The molecule has 7 aromatic carbocycles. The standard InChI is InChI=1S/C52H46/c1-37-9-5-13-47(33-37)51(48-14-6-10-38(2)34-48)45-29-25-43(26-30-45)23-21-41-17-19-42(20-18-41)22-24-44-27-31-46(32-28-44)52(49-15-7-11-39(3)35-49)50-16-8-12-40(4)36-50/h5-36,51-52H,1-4H3/b23-21+,24-22+. The van der Waals surface area contributed by atoms with Gasteiger partial charge in [-0.1, -0.05) is 216 Å². The Hall–Kier alpha value is -5.98. The van der Waals surface area contributed by atoms with Gasteiger partial charge in [0.15, 0.2) is 0 Å². The van der Waals surface area contributed by atoms with E-state index in [0.717, 1.165) is 0 Å². The molecule has 0 radical (unpaired) electrons. The van der Waals surface area contributed by atoms with Gasteiger partial charge < -0.3 is 0 Å². The summed E-state index contributed by atoms with van der Waals surface area (Å²) in [6.45, 7) is 8.67. The van der Waals surface area contributed by atoms with Crippen molar-refractivity contribution in [1.82, 2.24) is 0 Å². The van der Waals surface area contributed by atoms with E-state index < -0.39 is 0 Å². The summed E-state index contributed by atoms with van der Waals surface area (Å²) in [5.41, 5.74) is 17.8. The van der Waals surface area contributed by atoms with Gasteiger partial charge in [0.2, 0.25) is 0 Å². The molecule has 52 heavy (non-hydrogen) atoms. The Balaban J connectivity index is 1.03. The molecule has 0 aliphatic carbocycles. The molecule has 0 aromatic heterocycles. The smallest absolute Gasteiger partial charge is 0.0340 e. The molecule has 0 bridgehead atoms. The van der Waals surface area contributed by atoms with E-state index in [1.165, 1.54) is 77.9 Å². The minimum absolute atomic E-state index is 0.200. The largest absolute Gasteiger partial charge is 0.0617 e. The van der Waals surface area contributed by atoms with Crippen molar-refractivity contribution in [3.8, 4) is 0 Å². The number of rotatable bonds is 10. The van der Waals surface area contributed by atoms with Crippen LogP contribution < -0.4 is 0 Å². The van der Waals surface area contributed by atoms with Crippen LogP contribution in [0.5, 0.6) is 0 Å². The fourth-order valence-corrected chi connectivity index (χ4v) is 7.26. The van der Waals surface area contributed by atoms with Gasteiger partial charge in [0.25, 0.3) is 0 Å². The van der Waals surface area contributed by atoms with Crippen LogP contribution in [0.3, 0.4) is 0 Å². The van der Waals surface area contributed by atoms with Gasteiger partial charge in [0, 0.05) is 11.8 Å². The summed E-state index contributed by atoms with van der Waals surface area (Å²) >= 11 is 0. The molecule has 0 saturated carbocycles. The lowest BCUT2D eigenvalue weighted by atomic mass is 9.84. The zero-order valence-electron chi connectivity index (χ0n) is 30.6. The second-order valence-corrected chi connectivity index (χ2v) is 14.2. The summed E-state index contributed by atoms with van der Waals surface area (Å²) in [7, 11) is 0. The predicted octanol–water partition coefficient (Wildman–Crippen LogP) is 13.6. The molecule has 0 amide bonds. The lowest BCUT2D eigenvalue weighted by Crippen LogP contribution is -2.04. The normalized spacial score (nSPS) is 11.7. The first-order valence-electron chi connectivity index (χ1n) is 18.3. The Morgan fingerprint density at radius 1 is 0.269 bits per heavy atom. The Morgan fingerprint density at radius 3 is 0.731 bits per heavy atom. The Kier molecular flexibility index (Phi) is 10.6. The average molecular weight is 671 g/mol. The summed E-state index contributed by atoms with van der Waals surface area (Å²) in [6, 6.07) is 62.4. The van der Waals surface area contributed by atoms with Crippen LogP contribution in [0.15, 0.2) is 170 Å². The highest BCUT2D eigenvalue weighted by molar-refractivity contribution is 5.73. The molecule has 0 unspecified atom stereocenters. The number of hydrogen-bond donors (Lipinski definition) is 0. The summed E-state index contributed by atoms with van der Waals surface area (Å²) in [4.78, 5) is 0. The molecule has 0 saturated heterocycles. The third-order valence-corrected chi connectivity index (χ3v) is 9.91. The Labute approximate surface area is 310 Å². The third-order valence-electron chi connectivity index (χ3n) is 9.91. The molecule has 7 rings (SSSR count). The molecular formula is C52H46. The molecule has 0 aliphatic rings. The minimum Gasteiger partial charge on any atom is -0.0617 e. The fourth-order valence-electron chi connectivity index (χ4n) is 7.26. The van der Waals surface area contributed by atoms with Gasteiger partial charge in [-0.3, -0.25) is 0 Å². The van der Waals surface area contributed by atoms with Crippen molar-refractivity contribution >= 4 is 24.3 Å². The van der Waals surface area contributed by atoms with Crippen LogP contribution in [0.1, 0.15) is 89.7 Å². The summed E-state index contributed by atoms with van der Waals surface area (Å²) in [5.74, 6) is 0.399. The molecule has 0 spiro atoms. The topological polar surface area (TPSA) is 0 Å². The van der Waals surface area contributed by atoms with Gasteiger partial charge in [0.1, 0.15) is 0 Å². The van der Waals surface area contributed by atoms with Crippen LogP contribution >= 0.6 is 0 Å². The molecule has 0 nitrogen and oxygen atoms in total. The van der Waals surface area contributed by atoms with E-state index >= 15 is 0 Å². The van der Waals surface area contributed by atoms with Crippen molar-refractivity contribution in [2.24, 2.45) is 0 Å². The van der Waals surface area contributed by atoms with Gasteiger partial charge in [0.05, 0.1) is 0 Å². The van der Waals surface area contributed by atoms with E-state index in [1.807, 2.05) is 0 Å². The van der Waals surface area contributed by atoms with Crippen molar-refractivity contribution in [3.05, 3.63) is 248 Å². The molecule has 0 heterocycles. The highest BCUT2D eigenvalue weighted by Gasteiger charge is 2.18. The highest BCUT2D eigenvalue weighted by Crippen LogP contribution is 2.34. The van der Waals surface area contributed by atoms with Gasteiger partial charge >= 0.3 is 0 Å². The van der Waals surface area contributed by atoms with E-state index in [2.05, 4.69) is 222 Å². The van der Waals surface area contributed by atoms with Crippen LogP contribution in [0.4, 0.5) is 0 Å². The monoisotopic (exact) mass is 670 g/mol. The quantitative estimate of drug-likeness (QED) is 0.100. The lowest BCUT2D eigenvalue weighted by Gasteiger charge is -2.20. The fraction of sp³-hybridized carbons (Fsp3) is 0.115. The predicted molar refractivity (Wildman–Crippen MR) is 224 cm³/mol. The average Bonchev–Trinajstić information content (AvgIpc) is 3.15. The van der Waals surface area contributed by atoms with Crippen molar-refractivity contribution in [3.63, 3.8) is 0 Å². The van der Waals surface area contributed by atoms with Crippen LogP contribution in [-0.4, -0.2) is 0 Å². The van der Waals surface area contributed by atoms with E-state index in [1.54, 1.807) is 0 Å². The maximum absolute atomic E-state index is 2.31. The van der Waals surface area contributed by atoms with Crippen LogP contribution in [-0.2, 0) is 0 Å². The zero-order chi connectivity index (χ0) is 35.9. The van der Waals surface area contributed by atoms with Crippen LogP contribution in [0, 0.1) is 27.7 Å². The summed E-state index contributed by atoms with van der Waals surface area (Å²) in [5, 5.41) is 0. The van der Waals surface area contributed by atoms with E-state index in [9.17, 15) is 0 Å². The number of benzene rings is 7. The minimum atomic E-state index is 0.200. The molecule has 0 fully saturated rings. The van der Waals surface area contributed by atoms with Gasteiger partial charge in [-0.2, -0.15) is 0 Å². The number of hydrogen-bond acceptors (Lipinski definition) is 0. The van der Waals surface area contributed by atoms with Crippen molar-refractivity contribution in [2.75, 3.05) is 0 Å². The SMILES string of the molecule is Cc1cccc(C(c2ccc(/C=C/c3ccc(/C=C/c4ccc(C(c5cccc(C)c5)c5cccc(C)c5)cc4)cc3)cc2)c2cccc(C)c2)c1. The summed E-state index contributed by atoms with van der Waals surface area (Å²) < 4.78 is 0. The first-order valence-corrected chi connectivity index (χ1v) is 18.3. The first-order chi connectivity index (χ1) is 25.4. The molecular weight excluding hydrogens is 625 g/mol. The molecule has 0 aliphatic heterocycles. The van der Waals surface area contributed by atoms with E-state index in [0.29, 0.717) is 0 Å². The molecule has 0 N–H and O–H groups in total. The lowest BCUT2D eigenvalue weighted by molar-refractivity contribution is 0.971. The molecule has 254 valence electrons. The Bertz CT molecular complexity index is 2060. The van der Waals surface area contributed by atoms with Crippen LogP contribution in [0.2, 0.25) is 0 Å². The second-order valence-electron chi connectivity index (χ2n) is 14.2. The molecule has 7 aromatic rings. The Morgan fingerprint density at radius 2 is 0.500 bits per heavy atom. The van der Waals surface area contributed by atoms with Crippen molar-refractivity contribution < 1.29 is 0 Å². The van der Waals surface area contributed by atoms with Crippen LogP contribution in [0.25, 0.3) is 24.3 Å². The molecule has 0 atom stereocenters. The maximum atomic E-state index is 2.31. The maximum Gasteiger partial charge on any atom is 0.0340 e. The third kappa shape index (κ3) is 8.48. The number of aryl methyl sites for hydroxylation is 4.